The summed E-state index contributed by atoms with van der Waals surface area (Å²) in [5.74, 6) is 0. The number of nitrogens with two attached hydrogens (primary N) is 1. The predicted molar refractivity (Wildman–Crippen MR) is 81.1 cm³/mol. The summed E-state index contributed by atoms with van der Waals surface area (Å²) in [7, 11) is 0. The molecular weight excluding hydrogens is 343 g/mol. The van der Waals surface area contributed by atoms with Crippen LogP contribution in [-0.4, -0.2) is 0 Å². The van der Waals surface area contributed by atoms with Gasteiger partial charge < -0.3 is 5.73 Å². The standard InChI is InChI=1S/C16H15BrF3N/c1-9-7-11(8-10(2)14(9)17)15(21)12-5-3-4-6-13(12)16(18,19)20/h3-8,15H,21H2,1-2H3. The minimum Gasteiger partial charge on any atom is -0.320 e. The first-order chi connectivity index (χ1) is 9.71. The molecule has 0 aliphatic rings. The molecule has 2 aromatic rings. The second-order valence-corrected chi connectivity index (χ2v) is 5.82. The van der Waals surface area contributed by atoms with Crippen molar-refractivity contribution in [1.82, 2.24) is 0 Å². The summed E-state index contributed by atoms with van der Waals surface area (Å²) >= 11 is 3.44. The van der Waals surface area contributed by atoms with Crippen molar-refractivity contribution in [2.45, 2.75) is 26.1 Å². The van der Waals surface area contributed by atoms with E-state index in [1.807, 2.05) is 26.0 Å². The van der Waals surface area contributed by atoms with Crippen LogP contribution in [0, 0.1) is 13.8 Å². The minimum atomic E-state index is -4.41. The lowest BCUT2D eigenvalue weighted by Gasteiger charge is -2.20. The zero-order valence-corrected chi connectivity index (χ0v) is 13.2. The fourth-order valence-electron chi connectivity index (χ4n) is 2.36. The number of hydrogen-bond donors (Lipinski definition) is 1. The number of alkyl halides is 3. The van der Waals surface area contributed by atoms with Gasteiger partial charge in [-0.05, 0) is 42.2 Å². The molecule has 2 rings (SSSR count). The van der Waals surface area contributed by atoms with Crippen LogP contribution in [0.1, 0.15) is 33.9 Å². The molecule has 112 valence electrons. The molecule has 0 aliphatic carbocycles. The average Bonchev–Trinajstić information content (AvgIpc) is 2.42. The molecule has 0 bridgehead atoms. The molecule has 0 fully saturated rings. The smallest absolute Gasteiger partial charge is 0.320 e. The van der Waals surface area contributed by atoms with Gasteiger partial charge in [-0.1, -0.05) is 46.3 Å². The summed E-state index contributed by atoms with van der Waals surface area (Å²) in [4.78, 5) is 0. The first-order valence-electron chi connectivity index (χ1n) is 6.40. The molecule has 0 aliphatic heterocycles. The normalized spacial score (nSPS) is 13.3. The average molecular weight is 358 g/mol. The largest absolute Gasteiger partial charge is 0.416 e. The Morgan fingerprint density at radius 2 is 1.57 bits per heavy atom. The van der Waals surface area contributed by atoms with E-state index in [-0.39, 0.29) is 5.56 Å². The van der Waals surface area contributed by atoms with E-state index in [2.05, 4.69) is 15.9 Å². The molecule has 0 amide bonds. The lowest BCUT2D eigenvalue weighted by molar-refractivity contribution is -0.138. The fourth-order valence-corrected chi connectivity index (χ4v) is 2.59. The van der Waals surface area contributed by atoms with Crippen molar-refractivity contribution < 1.29 is 13.2 Å². The summed E-state index contributed by atoms with van der Waals surface area (Å²) in [6.45, 7) is 3.78. The Morgan fingerprint density at radius 3 is 2.10 bits per heavy atom. The third-order valence-corrected chi connectivity index (χ3v) is 4.67. The van der Waals surface area contributed by atoms with Crippen LogP contribution < -0.4 is 5.73 Å². The van der Waals surface area contributed by atoms with Crippen LogP contribution >= 0.6 is 15.9 Å². The molecule has 1 atom stereocenters. The Labute approximate surface area is 130 Å². The summed E-state index contributed by atoms with van der Waals surface area (Å²) in [6.07, 6.45) is -4.41. The lowest BCUT2D eigenvalue weighted by atomic mass is 9.93. The zero-order valence-electron chi connectivity index (χ0n) is 11.6. The van der Waals surface area contributed by atoms with E-state index >= 15 is 0 Å². The molecule has 0 heterocycles. The molecular formula is C16H15BrF3N. The van der Waals surface area contributed by atoms with Crippen molar-refractivity contribution in [1.29, 1.82) is 0 Å². The van der Waals surface area contributed by atoms with Gasteiger partial charge in [-0.3, -0.25) is 0 Å². The number of rotatable bonds is 2. The SMILES string of the molecule is Cc1cc(C(N)c2ccccc2C(F)(F)F)cc(C)c1Br. The van der Waals surface area contributed by atoms with Crippen LogP contribution in [0.3, 0.4) is 0 Å². The van der Waals surface area contributed by atoms with Gasteiger partial charge in [-0.2, -0.15) is 13.2 Å². The molecule has 2 aromatic carbocycles. The maximum atomic E-state index is 13.1. The van der Waals surface area contributed by atoms with Gasteiger partial charge in [0, 0.05) is 4.47 Å². The fraction of sp³-hybridized carbons (Fsp3) is 0.250. The van der Waals surface area contributed by atoms with Crippen molar-refractivity contribution in [2.24, 2.45) is 5.73 Å². The molecule has 2 N–H and O–H groups in total. The monoisotopic (exact) mass is 357 g/mol. The predicted octanol–water partition coefficient (Wildman–Crippen LogP) is 5.13. The maximum absolute atomic E-state index is 13.1. The highest BCUT2D eigenvalue weighted by Crippen LogP contribution is 2.36. The van der Waals surface area contributed by atoms with Crippen LogP contribution in [0.4, 0.5) is 13.2 Å². The second-order valence-electron chi connectivity index (χ2n) is 5.03. The van der Waals surface area contributed by atoms with Crippen molar-refractivity contribution in [3.63, 3.8) is 0 Å². The minimum absolute atomic E-state index is 0.0890. The first kappa shape index (κ1) is 16.0. The second kappa shape index (κ2) is 5.81. The van der Waals surface area contributed by atoms with Crippen molar-refractivity contribution >= 4 is 15.9 Å². The highest BCUT2D eigenvalue weighted by Gasteiger charge is 2.34. The van der Waals surface area contributed by atoms with Crippen LogP contribution in [0.25, 0.3) is 0 Å². The lowest BCUT2D eigenvalue weighted by Crippen LogP contribution is -2.18. The van der Waals surface area contributed by atoms with Crippen molar-refractivity contribution in [2.75, 3.05) is 0 Å². The molecule has 1 unspecified atom stereocenters. The summed E-state index contributed by atoms with van der Waals surface area (Å²) in [5, 5.41) is 0. The van der Waals surface area contributed by atoms with E-state index in [0.29, 0.717) is 5.56 Å². The van der Waals surface area contributed by atoms with E-state index in [1.54, 1.807) is 6.07 Å². The molecule has 5 heteroatoms. The molecule has 0 saturated carbocycles. The van der Waals surface area contributed by atoms with Crippen molar-refractivity contribution in [3.05, 3.63) is 68.7 Å². The van der Waals surface area contributed by atoms with Crippen LogP contribution in [-0.2, 0) is 6.18 Å². The molecule has 0 radical (unpaired) electrons. The molecule has 0 spiro atoms. The van der Waals surface area contributed by atoms with E-state index in [1.165, 1.54) is 12.1 Å². The Hall–Kier alpha value is -1.33. The summed E-state index contributed by atoms with van der Waals surface area (Å²) in [5.41, 5.74) is 8.06. The third-order valence-electron chi connectivity index (χ3n) is 3.42. The highest BCUT2D eigenvalue weighted by atomic mass is 79.9. The van der Waals surface area contributed by atoms with E-state index in [4.69, 9.17) is 5.73 Å². The van der Waals surface area contributed by atoms with Gasteiger partial charge in [0.05, 0.1) is 11.6 Å². The van der Waals surface area contributed by atoms with Gasteiger partial charge in [-0.25, -0.2) is 0 Å². The van der Waals surface area contributed by atoms with Gasteiger partial charge in [0.2, 0.25) is 0 Å². The first-order valence-corrected chi connectivity index (χ1v) is 7.19. The van der Waals surface area contributed by atoms with E-state index < -0.39 is 17.8 Å². The Balaban J connectivity index is 2.53. The summed E-state index contributed by atoms with van der Waals surface area (Å²) < 4.78 is 40.2. The summed E-state index contributed by atoms with van der Waals surface area (Å²) in [6, 6.07) is 8.26. The molecule has 0 saturated heterocycles. The van der Waals surface area contributed by atoms with Gasteiger partial charge in [0.15, 0.2) is 0 Å². The number of hydrogen-bond acceptors (Lipinski definition) is 1. The molecule has 1 nitrogen and oxygen atoms in total. The zero-order chi connectivity index (χ0) is 15.8. The number of halogens is 4. The van der Waals surface area contributed by atoms with Gasteiger partial charge in [0.1, 0.15) is 0 Å². The van der Waals surface area contributed by atoms with Gasteiger partial charge in [0.25, 0.3) is 0 Å². The van der Waals surface area contributed by atoms with Crippen LogP contribution in [0.5, 0.6) is 0 Å². The number of aryl methyl sites for hydroxylation is 2. The van der Waals surface area contributed by atoms with Crippen LogP contribution in [0.15, 0.2) is 40.9 Å². The molecule has 21 heavy (non-hydrogen) atoms. The highest BCUT2D eigenvalue weighted by molar-refractivity contribution is 9.10. The van der Waals surface area contributed by atoms with E-state index in [9.17, 15) is 13.2 Å². The Morgan fingerprint density at radius 1 is 1.05 bits per heavy atom. The van der Waals surface area contributed by atoms with E-state index in [0.717, 1.165) is 21.7 Å². The van der Waals surface area contributed by atoms with Gasteiger partial charge >= 0.3 is 6.18 Å². The maximum Gasteiger partial charge on any atom is 0.416 e. The third kappa shape index (κ3) is 3.30. The Bertz CT molecular complexity index is 642. The Kier molecular flexibility index (Phi) is 4.44. The quantitative estimate of drug-likeness (QED) is 0.791. The molecule has 0 aromatic heterocycles. The van der Waals surface area contributed by atoms with Crippen LogP contribution in [0.2, 0.25) is 0 Å². The van der Waals surface area contributed by atoms with Gasteiger partial charge in [-0.15, -0.1) is 0 Å². The number of benzene rings is 2. The topological polar surface area (TPSA) is 26.0 Å². The van der Waals surface area contributed by atoms with Crippen molar-refractivity contribution in [3.8, 4) is 0 Å².